The van der Waals surface area contributed by atoms with Crippen LogP contribution in [0.25, 0.3) is 0 Å². The summed E-state index contributed by atoms with van der Waals surface area (Å²) in [6, 6.07) is 0. The normalized spacial score (nSPS) is 44.7. The zero-order chi connectivity index (χ0) is 28.3. The highest BCUT2D eigenvalue weighted by Gasteiger charge is 2.78. The predicted molar refractivity (Wildman–Crippen MR) is 139 cm³/mol. The molecule has 8 nitrogen and oxygen atoms in total. The average Bonchev–Trinajstić information content (AvgIpc) is 3.35. The number of carbonyl (C=O) groups excluding carboxylic acids is 4. The van der Waals surface area contributed by atoms with Gasteiger partial charge < -0.3 is 18.9 Å². The van der Waals surface area contributed by atoms with Crippen molar-refractivity contribution in [2.45, 2.75) is 142 Å². The van der Waals surface area contributed by atoms with E-state index in [2.05, 4.69) is 0 Å². The van der Waals surface area contributed by atoms with E-state index in [1.807, 2.05) is 41.5 Å². The van der Waals surface area contributed by atoms with Gasteiger partial charge in [-0.2, -0.15) is 0 Å². The molecular weight excluding hydrogens is 500 g/mol. The Bertz CT molecular complexity index is 1050. The quantitative estimate of drug-likeness (QED) is 0.352. The monoisotopic (exact) mass is 544 g/mol. The molecule has 0 aromatic heterocycles. The molecule has 216 valence electrons. The minimum atomic E-state index is -1.28. The van der Waals surface area contributed by atoms with E-state index in [1.54, 1.807) is 0 Å². The molecule has 4 aliphatic carbocycles. The highest BCUT2D eigenvalue weighted by atomic mass is 16.6. The maximum Gasteiger partial charge on any atom is 0.351 e. The van der Waals surface area contributed by atoms with Crippen LogP contribution in [0.1, 0.15) is 119 Å². The highest BCUT2D eigenvalue weighted by Crippen LogP contribution is 2.67. The third kappa shape index (κ3) is 2.96. The Hall–Kier alpha value is -2.12. The van der Waals surface area contributed by atoms with Gasteiger partial charge in [0.25, 0.3) is 0 Å². The average molecular weight is 545 g/mol. The van der Waals surface area contributed by atoms with Crippen molar-refractivity contribution in [1.82, 2.24) is 0 Å². The third-order valence-corrected chi connectivity index (χ3v) is 13.3. The first-order chi connectivity index (χ1) is 18.1. The van der Waals surface area contributed by atoms with Crippen LogP contribution in [0.15, 0.2) is 0 Å². The van der Waals surface area contributed by atoms with Crippen LogP contribution in [-0.2, 0) is 38.1 Å². The number of hydrogen-bond acceptors (Lipinski definition) is 8. The van der Waals surface area contributed by atoms with E-state index in [-0.39, 0.29) is 11.9 Å². The third-order valence-electron chi connectivity index (χ3n) is 13.3. The Balaban J connectivity index is 1.27. The molecule has 0 aromatic carbocycles. The van der Waals surface area contributed by atoms with Crippen LogP contribution in [0.4, 0.5) is 0 Å². The number of rotatable bonds is 4. The van der Waals surface area contributed by atoms with E-state index >= 15 is 0 Å². The van der Waals surface area contributed by atoms with Gasteiger partial charge in [0.05, 0.1) is 10.8 Å². The Labute approximate surface area is 231 Å². The summed E-state index contributed by atoms with van der Waals surface area (Å²) in [5.41, 5.74) is -5.85. The van der Waals surface area contributed by atoms with Gasteiger partial charge in [0.1, 0.15) is 12.2 Å². The van der Waals surface area contributed by atoms with E-state index in [1.165, 1.54) is 0 Å². The Morgan fingerprint density at radius 2 is 1.00 bits per heavy atom. The van der Waals surface area contributed by atoms with Crippen LogP contribution in [0, 0.1) is 27.1 Å². The van der Waals surface area contributed by atoms with Crippen molar-refractivity contribution in [3.63, 3.8) is 0 Å². The lowest BCUT2D eigenvalue weighted by Gasteiger charge is -2.51. The molecule has 0 radical (unpaired) electrons. The zero-order valence-corrected chi connectivity index (χ0v) is 24.4. The summed E-state index contributed by atoms with van der Waals surface area (Å²) in [6.45, 7) is 11.5. The number of ether oxygens (including phenoxy) is 4. The van der Waals surface area contributed by atoms with Crippen molar-refractivity contribution in [2.24, 2.45) is 27.1 Å². The maximum atomic E-state index is 14.0. The molecule has 0 aromatic rings. The van der Waals surface area contributed by atoms with Crippen LogP contribution in [0.3, 0.4) is 0 Å². The Morgan fingerprint density at radius 1 is 0.615 bits per heavy atom. The van der Waals surface area contributed by atoms with Crippen molar-refractivity contribution in [3.8, 4) is 0 Å². The number of hydrogen-bond donors (Lipinski definition) is 0. The van der Waals surface area contributed by atoms with Gasteiger partial charge in [-0.25, -0.2) is 9.59 Å². The van der Waals surface area contributed by atoms with Gasteiger partial charge in [-0.05, 0) is 78.1 Å². The van der Waals surface area contributed by atoms with Gasteiger partial charge in [-0.15, -0.1) is 0 Å². The molecule has 0 unspecified atom stereocenters. The van der Waals surface area contributed by atoms with Crippen LogP contribution < -0.4 is 0 Å². The summed E-state index contributed by atoms with van der Waals surface area (Å²) in [7, 11) is 0. The molecule has 1 spiro atoms. The fourth-order valence-corrected chi connectivity index (χ4v) is 9.32. The molecule has 2 aliphatic heterocycles. The molecule has 8 heteroatoms. The van der Waals surface area contributed by atoms with Gasteiger partial charge >= 0.3 is 23.9 Å². The second-order valence-electron chi connectivity index (χ2n) is 14.9. The van der Waals surface area contributed by atoms with E-state index in [4.69, 9.17) is 18.9 Å². The molecule has 4 saturated carbocycles. The number of esters is 4. The molecule has 2 saturated heterocycles. The summed E-state index contributed by atoms with van der Waals surface area (Å²) in [5, 5.41) is 0. The summed E-state index contributed by atoms with van der Waals surface area (Å²) in [4.78, 5) is 53.5. The topological polar surface area (TPSA) is 105 Å². The first-order valence-corrected chi connectivity index (χ1v) is 15.0. The van der Waals surface area contributed by atoms with Crippen molar-refractivity contribution < 1.29 is 38.1 Å². The SMILES string of the molecule is CC1(C)[C@@]2(C)CC[C@]1(C(=O)O[C@@H]1CCCCC13CCCC[C@H]3OC(=O)[C@@]13CC[C@@](C)(C(=O)O1)C3(C)C)OC2=O. The first-order valence-electron chi connectivity index (χ1n) is 15.0. The van der Waals surface area contributed by atoms with Crippen molar-refractivity contribution in [1.29, 1.82) is 0 Å². The molecule has 0 amide bonds. The predicted octanol–water partition coefficient (Wildman–Crippen LogP) is 5.19. The van der Waals surface area contributed by atoms with Gasteiger partial charge in [0.15, 0.2) is 0 Å². The molecule has 39 heavy (non-hydrogen) atoms. The fourth-order valence-electron chi connectivity index (χ4n) is 9.32. The molecule has 6 fully saturated rings. The van der Waals surface area contributed by atoms with Crippen LogP contribution in [0.5, 0.6) is 0 Å². The minimum Gasteiger partial charge on any atom is -0.459 e. The molecule has 6 aliphatic rings. The van der Waals surface area contributed by atoms with E-state index in [0.29, 0.717) is 38.5 Å². The lowest BCUT2D eigenvalue weighted by atomic mass is 9.61. The molecule has 6 atom stereocenters. The van der Waals surface area contributed by atoms with E-state index in [0.717, 1.165) is 38.5 Å². The number of carbonyl (C=O) groups is 4. The van der Waals surface area contributed by atoms with Gasteiger partial charge in [0.2, 0.25) is 11.2 Å². The van der Waals surface area contributed by atoms with Crippen LogP contribution in [-0.4, -0.2) is 47.3 Å². The summed E-state index contributed by atoms with van der Waals surface area (Å²) in [6.07, 6.45) is 7.98. The summed E-state index contributed by atoms with van der Waals surface area (Å²) in [5.74, 6) is -1.56. The van der Waals surface area contributed by atoms with Crippen molar-refractivity contribution in [2.75, 3.05) is 0 Å². The van der Waals surface area contributed by atoms with Crippen LogP contribution in [0.2, 0.25) is 0 Å². The Morgan fingerprint density at radius 3 is 1.31 bits per heavy atom. The summed E-state index contributed by atoms with van der Waals surface area (Å²) < 4.78 is 24.5. The second-order valence-corrected chi connectivity index (χ2v) is 14.9. The van der Waals surface area contributed by atoms with Crippen molar-refractivity contribution in [3.05, 3.63) is 0 Å². The lowest BCUT2D eigenvalue weighted by molar-refractivity contribution is -0.215. The van der Waals surface area contributed by atoms with Gasteiger partial charge in [0, 0.05) is 16.2 Å². The standard InChI is InChI=1S/C31H44O8/c1-25(2)27(5)15-17-30(25,38-21(27)32)23(34)36-19-11-7-9-13-29(19)14-10-8-12-20(29)37-24(35)31-18-16-28(6,22(33)39-31)26(31,3)4/h19-20H,7-18H2,1-6H3/t19-,20-,27+,28+,29?,30-,31-/m1/s1. The smallest absolute Gasteiger partial charge is 0.351 e. The zero-order valence-electron chi connectivity index (χ0n) is 24.4. The van der Waals surface area contributed by atoms with Crippen molar-refractivity contribution >= 4 is 23.9 Å². The highest BCUT2D eigenvalue weighted by molar-refractivity contribution is 5.94. The fraction of sp³-hybridized carbons (Fsp3) is 0.871. The molecule has 4 bridgehead atoms. The van der Waals surface area contributed by atoms with Gasteiger partial charge in [-0.1, -0.05) is 40.5 Å². The largest absolute Gasteiger partial charge is 0.459 e. The van der Waals surface area contributed by atoms with Gasteiger partial charge in [-0.3, -0.25) is 9.59 Å². The van der Waals surface area contributed by atoms with Crippen LogP contribution >= 0.6 is 0 Å². The molecular formula is C31H44O8. The Kier molecular flexibility index (Phi) is 5.55. The van der Waals surface area contributed by atoms with E-state index in [9.17, 15) is 19.2 Å². The number of fused-ring (bicyclic) bond motifs is 4. The molecule has 2 heterocycles. The van der Waals surface area contributed by atoms with E-state index < -0.39 is 62.4 Å². The molecule has 0 N–H and O–H groups in total. The summed E-state index contributed by atoms with van der Waals surface area (Å²) >= 11 is 0. The second kappa shape index (κ2) is 8.00. The minimum absolute atomic E-state index is 0.324. The lowest BCUT2D eigenvalue weighted by Crippen LogP contribution is -2.58. The maximum absolute atomic E-state index is 14.0. The molecule has 6 rings (SSSR count). The first kappa shape index (κ1) is 27.1.